The van der Waals surface area contributed by atoms with Gasteiger partial charge in [-0.2, -0.15) is 0 Å². The van der Waals surface area contributed by atoms with E-state index in [4.69, 9.17) is 10.5 Å². The molecular formula is C17H28N2O. The van der Waals surface area contributed by atoms with Crippen molar-refractivity contribution in [2.45, 2.75) is 58.2 Å². The molecule has 3 nitrogen and oxygen atoms in total. The lowest BCUT2D eigenvalue weighted by Crippen LogP contribution is -2.27. The van der Waals surface area contributed by atoms with Gasteiger partial charge in [-0.3, -0.25) is 4.90 Å². The second-order valence-electron chi connectivity index (χ2n) is 5.92. The first kappa shape index (κ1) is 15.3. The molecule has 0 radical (unpaired) electrons. The Morgan fingerprint density at radius 3 is 2.70 bits per heavy atom. The van der Waals surface area contributed by atoms with Crippen molar-refractivity contribution in [2.24, 2.45) is 5.73 Å². The molecule has 0 bridgehead atoms. The number of hydrogen-bond acceptors (Lipinski definition) is 3. The summed E-state index contributed by atoms with van der Waals surface area (Å²) < 4.78 is 5.52. The third kappa shape index (κ3) is 3.97. The molecule has 112 valence electrons. The van der Waals surface area contributed by atoms with Crippen molar-refractivity contribution in [3.63, 3.8) is 0 Å². The van der Waals surface area contributed by atoms with E-state index in [0.717, 1.165) is 18.3 Å². The van der Waals surface area contributed by atoms with Crippen LogP contribution in [0.15, 0.2) is 18.2 Å². The van der Waals surface area contributed by atoms with E-state index in [-0.39, 0.29) is 6.04 Å². The van der Waals surface area contributed by atoms with Gasteiger partial charge in [0, 0.05) is 24.2 Å². The zero-order chi connectivity index (χ0) is 14.5. The molecule has 20 heavy (non-hydrogen) atoms. The predicted molar refractivity (Wildman–Crippen MR) is 83.9 cm³/mol. The molecule has 3 heteroatoms. The topological polar surface area (TPSA) is 38.5 Å². The van der Waals surface area contributed by atoms with E-state index in [1.807, 2.05) is 6.92 Å². The van der Waals surface area contributed by atoms with Crippen LogP contribution in [0.25, 0.3) is 0 Å². The third-order valence-corrected chi connectivity index (χ3v) is 4.07. The highest BCUT2D eigenvalue weighted by Gasteiger charge is 2.29. The van der Waals surface area contributed by atoms with Crippen LogP contribution in [0.3, 0.4) is 0 Å². The second kappa shape index (κ2) is 7.09. The van der Waals surface area contributed by atoms with Gasteiger partial charge in [-0.25, -0.2) is 0 Å². The Bertz CT molecular complexity index is 427. The molecule has 1 aliphatic rings. The van der Waals surface area contributed by atoms with Crippen molar-refractivity contribution in [2.75, 3.05) is 13.7 Å². The first-order chi connectivity index (χ1) is 9.65. The minimum absolute atomic E-state index is 0.0738. The van der Waals surface area contributed by atoms with Gasteiger partial charge in [0.05, 0.1) is 7.11 Å². The van der Waals surface area contributed by atoms with E-state index >= 15 is 0 Å². The molecule has 0 heterocycles. The van der Waals surface area contributed by atoms with Gasteiger partial charge in [-0.1, -0.05) is 19.4 Å². The first-order valence-corrected chi connectivity index (χ1v) is 7.82. The lowest BCUT2D eigenvalue weighted by Gasteiger charge is -2.23. The summed E-state index contributed by atoms with van der Waals surface area (Å²) in [4.78, 5) is 2.60. The maximum atomic E-state index is 6.00. The number of hydrogen-bond donors (Lipinski definition) is 1. The van der Waals surface area contributed by atoms with Gasteiger partial charge in [0.15, 0.2) is 0 Å². The van der Waals surface area contributed by atoms with Gasteiger partial charge < -0.3 is 10.5 Å². The van der Waals surface area contributed by atoms with Crippen LogP contribution in [0.5, 0.6) is 5.75 Å². The Hall–Kier alpha value is -1.06. The number of nitrogens with zero attached hydrogens (tertiary/aromatic N) is 1. The quantitative estimate of drug-likeness (QED) is 0.790. The van der Waals surface area contributed by atoms with Gasteiger partial charge >= 0.3 is 0 Å². The van der Waals surface area contributed by atoms with Crippen molar-refractivity contribution >= 4 is 0 Å². The van der Waals surface area contributed by atoms with Crippen LogP contribution in [0.1, 0.15) is 56.7 Å². The van der Waals surface area contributed by atoms with Crippen LogP contribution in [-0.2, 0) is 6.54 Å². The molecule has 1 aliphatic carbocycles. The molecular weight excluding hydrogens is 248 g/mol. The molecule has 0 spiro atoms. The fourth-order valence-electron chi connectivity index (χ4n) is 2.62. The minimum atomic E-state index is 0.0738. The summed E-state index contributed by atoms with van der Waals surface area (Å²) in [5, 5.41) is 0. The van der Waals surface area contributed by atoms with E-state index < -0.39 is 0 Å². The molecule has 1 unspecified atom stereocenters. The van der Waals surface area contributed by atoms with E-state index in [2.05, 4.69) is 30.0 Å². The highest BCUT2D eigenvalue weighted by molar-refractivity contribution is 5.38. The summed E-state index contributed by atoms with van der Waals surface area (Å²) in [5.74, 6) is 0.983. The van der Waals surface area contributed by atoms with Gasteiger partial charge in [-0.05, 0) is 50.4 Å². The van der Waals surface area contributed by atoms with Gasteiger partial charge in [0.25, 0.3) is 0 Å². The number of ether oxygens (including phenoxy) is 1. The Morgan fingerprint density at radius 2 is 2.15 bits per heavy atom. The minimum Gasteiger partial charge on any atom is -0.496 e. The van der Waals surface area contributed by atoms with Crippen molar-refractivity contribution in [3.8, 4) is 5.75 Å². The van der Waals surface area contributed by atoms with Crippen molar-refractivity contribution in [3.05, 3.63) is 29.3 Å². The van der Waals surface area contributed by atoms with Gasteiger partial charge in [0.1, 0.15) is 5.75 Å². The maximum absolute atomic E-state index is 6.00. The molecule has 1 fully saturated rings. The fraction of sp³-hybridized carbons (Fsp3) is 0.647. The maximum Gasteiger partial charge on any atom is 0.123 e. The molecule has 1 aromatic carbocycles. The lowest BCUT2D eigenvalue weighted by atomic mass is 10.0. The third-order valence-electron chi connectivity index (χ3n) is 4.07. The monoisotopic (exact) mass is 276 g/mol. The average Bonchev–Trinajstić information content (AvgIpc) is 3.27. The predicted octanol–water partition coefficient (Wildman–Crippen LogP) is 3.48. The fourth-order valence-corrected chi connectivity index (χ4v) is 2.62. The van der Waals surface area contributed by atoms with Crippen LogP contribution in [0, 0.1) is 0 Å². The summed E-state index contributed by atoms with van der Waals surface area (Å²) in [5.41, 5.74) is 8.46. The number of unbranched alkanes of at least 4 members (excludes halogenated alkanes) is 1. The standard InChI is InChI=1S/C17H28N2O/c1-4-5-10-19(16-7-8-16)12-15-11-14(13(2)18)6-9-17(15)20-3/h6,9,11,13,16H,4-5,7-8,10,12,18H2,1-3H3. The number of methoxy groups -OCH3 is 1. The van der Waals surface area contributed by atoms with Crippen LogP contribution in [-0.4, -0.2) is 24.6 Å². The first-order valence-electron chi connectivity index (χ1n) is 7.82. The Morgan fingerprint density at radius 1 is 1.40 bits per heavy atom. The largest absolute Gasteiger partial charge is 0.496 e. The van der Waals surface area contributed by atoms with E-state index in [1.54, 1.807) is 7.11 Å². The highest BCUT2D eigenvalue weighted by Crippen LogP contribution is 2.31. The van der Waals surface area contributed by atoms with Gasteiger partial charge in [0.2, 0.25) is 0 Å². The van der Waals surface area contributed by atoms with E-state index in [9.17, 15) is 0 Å². The van der Waals surface area contributed by atoms with Crippen molar-refractivity contribution in [1.82, 2.24) is 4.90 Å². The molecule has 1 saturated carbocycles. The zero-order valence-electron chi connectivity index (χ0n) is 13.1. The van der Waals surface area contributed by atoms with E-state index in [0.29, 0.717) is 0 Å². The summed E-state index contributed by atoms with van der Waals surface area (Å²) in [6.45, 7) is 6.45. The van der Waals surface area contributed by atoms with Crippen LogP contribution in [0.2, 0.25) is 0 Å². The highest BCUT2D eigenvalue weighted by atomic mass is 16.5. The van der Waals surface area contributed by atoms with Crippen molar-refractivity contribution < 1.29 is 4.74 Å². The van der Waals surface area contributed by atoms with Crippen LogP contribution < -0.4 is 10.5 Å². The SMILES string of the molecule is CCCCN(Cc1cc(C(C)N)ccc1OC)C1CC1. The van der Waals surface area contributed by atoms with Crippen LogP contribution >= 0.6 is 0 Å². The average molecular weight is 276 g/mol. The molecule has 0 amide bonds. The molecule has 0 aromatic heterocycles. The number of rotatable bonds is 8. The van der Waals surface area contributed by atoms with E-state index in [1.165, 1.54) is 43.4 Å². The molecule has 1 atom stereocenters. The van der Waals surface area contributed by atoms with Crippen molar-refractivity contribution in [1.29, 1.82) is 0 Å². The second-order valence-corrected chi connectivity index (χ2v) is 5.92. The molecule has 1 aromatic rings. The molecule has 0 aliphatic heterocycles. The molecule has 2 N–H and O–H groups in total. The molecule has 2 rings (SSSR count). The normalized spacial score (nSPS) is 16.4. The smallest absolute Gasteiger partial charge is 0.123 e. The lowest BCUT2D eigenvalue weighted by molar-refractivity contribution is 0.246. The molecule has 0 saturated heterocycles. The summed E-state index contributed by atoms with van der Waals surface area (Å²) in [6, 6.07) is 7.19. The Balaban J connectivity index is 2.13. The Kier molecular flexibility index (Phi) is 5.44. The summed E-state index contributed by atoms with van der Waals surface area (Å²) >= 11 is 0. The number of benzene rings is 1. The summed E-state index contributed by atoms with van der Waals surface area (Å²) in [6.07, 6.45) is 5.21. The zero-order valence-corrected chi connectivity index (χ0v) is 13.1. The van der Waals surface area contributed by atoms with Crippen LogP contribution in [0.4, 0.5) is 0 Å². The number of nitrogens with two attached hydrogens (primary N) is 1. The Labute approximate surface area is 123 Å². The van der Waals surface area contributed by atoms with Gasteiger partial charge in [-0.15, -0.1) is 0 Å². The summed E-state index contributed by atoms with van der Waals surface area (Å²) in [7, 11) is 1.75.